The molecule has 2 fully saturated rings. The van der Waals surface area contributed by atoms with Gasteiger partial charge in [-0.15, -0.1) is 0 Å². The number of hydrogen-bond donors (Lipinski definition) is 0. The second-order valence-electron chi connectivity index (χ2n) is 7.35. The molecule has 0 unspecified atom stereocenters. The van der Waals surface area contributed by atoms with E-state index < -0.39 is 0 Å². The van der Waals surface area contributed by atoms with Crippen molar-refractivity contribution in [2.45, 2.75) is 32.1 Å². The Morgan fingerprint density at radius 3 is 2.24 bits per heavy atom. The molecule has 5 nitrogen and oxygen atoms in total. The Hall–Kier alpha value is -1.88. The fourth-order valence-electron chi connectivity index (χ4n) is 4.42. The van der Waals surface area contributed by atoms with Crippen molar-refractivity contribution in [2.24, 2.45) is 11.8 Å². The number of hydrogen-bond acceptors (Lipinski definition) is 3. The van der Waals surface area contributed by atoms with E-state index in [1.165, 1.54) is 5.56 Å². The molecule has 1 aromatic rings. The van der Waals surface area contributed by atoms with Crippen LogP contribution >= 0.6 is 0 Å². The molecule has 2 aliphatic heterocycles. The summed E-state index contributed by atoms with van der Waals surface area (Å²) < 4.78 is 5.33. The van der Waals surface area contributed by atoms with Crippen LogP contribution in [0.4, 0.5) is 5.69 Å². The molecule has 0 N–H and O–H groups in total. The van der Waals surface area contributed by atoms with Gasteiger partial charge in [0.05, 0.1) is 13.2 Å². The minimum atomic E-state index is 0.0693. The average Bonchev–Trinajstić information content (AvgIpc) is 3.12. The molecule has 3 aliphatic rings. The molecule has 1 saturated carbocycles. The van der Waals surface area contributed by atoms with Gasteiger partial charge in [-0.3, -0.25) is 9.59 Å². The Morgan fingerprint density at radius 2 is 1.52 bits per heavy atom. The quantitative estimate of drug-likeness (QED) is 0.828. The molecule has 25 heavy (non-hydrogen) atoms. The van der Waals surface area contributed by atoms with Crippen LogP contribution in [0.5, 0.6) is 0 Å². The molecule has 0 atom stereocenters. The fourth-order valence-corrected chi connectivity index (χ4v) is 4.42. The van der Waals surface area contributed by atoms with Gasteiger partial charge in [0.15, 0.2) is 0 Å². The third-order valence-corrected chi connectivity index (χ3v) is 5.90. The monoisotopic (exact) mass is 342 g/mol. The topological polar surface area (TPSA) is 49.9 Å². The number of amides is 2. The Labute approximate surface area is 148 Å². The largest absolute Gasteiger partial charge is 0.378 e. The zero-order valence-electron chi connectivity index (χ0n) is 14.7. The molecule has 1 aromatic carbocycles. The summed E-state index contributed by atoms with van der Waals surface area (Å²) in [5, 5.41) is 0. The van der Waals surface area contributed by atoms with Gasteiger partial charge in [-0.05, 0) is 43.7 Å². The number of para-hydroxylation sites is 1. The summed E-state index contributed by atoms with van der Waals surface area (Å²) in [5.74, 6) is 0.677. The van der Waals surface area contributed by atoms with Crippen molar-refractivity contribution in [3.05, 3.63) is 29.8 Å². The molecule has 0 radical (unpaired) electrons. The van der Waals surface area contributed by atoms with E-state index >= 15 is 0 Å². The number of carbonyl (C=O) groups excluding carboxylic acids is 2. The highest BCUT2D eigenvalue weighted by atomic mass is 16.5. The van der Waals surface area contributed by atoms with Gasteiger partial charge >= 0.3 is 0 Å². The predicted molar refractivity (Wildman–Crippen MR) is 95.3 cm³/mol. The number of rotatable bonds is 2. The second kappa shape index (κ2) is 7.16. The van der Waals surface area contributed by atoms with Crippen molar-refractivity contribution in [3.63, 3.8) is 0 Å². The number of benzene rings is 1. The minimum Gasteiger partial charge on any atom is -0.378 e. The third kappa shape index (κ3) is 3.30. The number of anilines is 1. The van der Waals surface area contributed by atoms with Crippen LogP contribution in [0.2, 0.25) is 0 Å². The summed E-state index contributed by atoms with van der Waals surface area (Å²) in [7, 11) is 0. The van der Waals surface area contributed by atoms with Crippen LogP contribution in [-0.4, -0.2) is 49.6 Å². The van der Waals surface area contributed by atoms with Crippen LogP contribution in [0.15, 0.2) is 24.3 Å². The van der Waals surface area contributed by atoms with Crippen LogP contribution < -0.4 is 4.90 Å². The van der Waals surface area contributed by atoms with E-state index in [0.29, 0.717) is 26.3 Å². The zero-order valence-corrected chi connectivity index (χ0v) is 14.7. The van der Waals surface area contributed by atoms with Gasteiger partial charge in [-0.2, -0.15) is 0 Å². The van der Waals surface area contributed by atoms with E-state index in [9.17, 15) is 9.59 Å². The highest BCUT2D eigenvalue weighted by Gasteiger charge is 2.35. The van der Waals surface area contributed by atoms with E-state index in [1.807, 2.05) is 28.0 Å². The molecule has 0 bridgehead atoms. The molecule has 4 rings (SSSR count). The Morgan fingerprint density at radius 1 is 0.880 bits per heavy atom. The fraction of sp³-hybridized carbons (Fsp3) is 0.600. The SMILES string of the molecule is O=C(C1CCC(C(=O)N2CCc3ccccc32)CC1)N1CCOCC1. The molecule has 2 heterocycles. The van der Waals surface area contributed by atoms with Crippen LogP contribution in [-0.2, 0) is 20.7 Å². The molecular weight excluding hydrogens is 316 g/mol. The third-order valence-electron chi connectivity index (χ3n) is 5.90. The molecular formula is C20H26N2O3. The van der Waals surface area contributed by atoms with Crippen molar-refractivity contribution >= 4 is 17.5 Å². The predicted octanol–water partition coefficient (Wildman–Crippen LogP) is 2.24. The highest BCUT2D eigenvalue weighted by molar-refractivity contribution is 5.97. The van der Waals surface area contributed by atoms with E-state index in [1.54, 1.807) is 0 Å². The Kier molecular flexibility index (Phi) is 4.75. The number of fused-ring (bicyclic) bond motifs is 1. The molecule has 0 spiro atoms. The molecule has 2 amide bonds. The van der Waals surface area contributed by atoms with Crippen LogP contribution in [0.3, 0.4) is 0 Å². The average molecular weight is 342 g/mol. The lowest BCUT2D eigenvalue weighted by Crippen LogP contribution is -2.45. The van der Waals surface area contributed by atoms with Crippen LogP contribution in [0.25, 0.3) is 0 Å². The van der Waals surface area contributed by atoms with E-state index in [2.05, 4.69) is 6.07 Å². The summed E-state index contributed by atoms with van der Waals surface area (Å²) >= 11 is 0. The van der Waals surface area contributed by atoms with Gasteiger partial charge in [-0.1, -0.05) is 18.2 Å². The first-order valence-corrected chi connectivity index (χ1v) is 9.50. The lowest BCUT2D eigenvalue weighted by molar-refractivity contribution is -0.141. The highest BCUT2D eigenvalue weighted by Crippen LogP contribution is 2.35. The molecule has 1 saturated heterocycles. The normalized spacial score (nSPS) is 26.4. The number of carbonyl (C=O) groups is 2. The van der Waals surface area contributed by atoms with Crippen molar-refractivity contribution in [2.75, 3.05) is 37.7 Å². The molecule has 134 valence electrons. The molecule has 1 aliphatic carbocycles. The summed E-state index contributed by atoms with van der Waals surface area (Å²) in [6, 6.07) is 8.20. The lowest BCUT2D eigenvalue weighted by Gasteiger charge is -2.34. The summed E-state index contributed by atoms with van der Waals surface area (Å²) in [4.78, 5) is 29.5. The standard InChI is InChI=1S/C20H26N2O3/c23-19(21-11-13-25-14-12-21)16-5-7-17(8-6-16)20(24)22-10-9-15-3-1-2-4-18(15)22/h1-4,16-17H,5-14H2. The Balaban J connectivity index is 1.34. The maximum Gasteiger partial charge on any atom is 0.230 e. The van der Waals surface area contributed by atoms with Crippen molar-refractivity contribution in [1.82, 2.24) is 4.90 Å². The first-order chi connectivity index (χ1) is 12.2. The van der Waals surface area contributed by atoms with Gasteiger partial charge in [0.25, 0.3) is 0 Å². The van der Waals surface area contributed by atoms with E-state index in [-0.39, 0.29) is 23.7 Å². The number of ether oxygens (including phenoxy) is 1. The summed E-state index contributed by atoms with van der Waals surface area (Å²) in [6.45, 7) is 3.51. The van der Waals surface area contributed by atoms with Gasteiger partial charge in [0, 0.05) is 37.2 Å². The maximum absolute atomic E-state index is 13.0. The summed E-state index contributed by atoms with van der Waals surface area (Å²) in [6.07, 6.45) is 4.29. The first kappa shape index (κ1) is 16.6. The van der Waals surface area contributed by atoms with E-state index in [0.717, 1.165) is 44.3 Å². The maximum atomic E-state index is 13.0. The zero-order chi connectivity index (χ0) is 17.2. The molecule has 0 aromatic heterocycles. The van der Waals surface area contributed by atoms with E-state index in [4.69, 9.17) is 4.74 Å². The lowest BCUT2D eigenvalue weighted by atomic mass is 9.80. The number of nitrogens with zero attached hydrogens (tertiary/aromatic N) is 2. The summed E-state index contributed by atoms with van der Waals surface area (Å²) in [5.41, 5.74) is 2.35. The van der Waals surface area contributed by atoms with Crippen molar-refractivity contribution in [3.8, 4) is 0 Å². The Bertz CT molecular complexity index is 646. The van der Waals surface area contributed by atoms with Crippen LogP contribution in [0.1, 0.15) is 31.2 Å². The van der Waals surface area contributed by atoms with Crippen molar-refractivity contribution < 1.29 is 14.3 Å². The smallest absolute Gasteiger partial charge is 0.230 e. The second-order valence-corrected chi connectivity index (χ2v) is 7.35. The van der Waals surface area contributed by atoms with Gasteiger partial charge in [-0.25, -0.2) is 0 Å². The first-order valence-electron chi connectivity index (χ1n) is 9.50. The van der Waals surface area contributed by atoms with Gasteiger partial charge in [0.1, 0.15) is 0 Å². The van der Waals surface area contributed by atoms with Gasteiger partial charge in [0.2, 0.25) is 11.8 Å². The molecule has 5 heteroatoms. The number of morpholine rings is 1. The van der Waals surface area contributed by atoms with Gasteiger partial charge < -0.3 is 14.5 Å². The van der Waals surface area contributed by atoms with Crippen LogP contribution in [0, 0.1) is 11.8 Å². The minimum absolute atomic E-state index is 0.0693. The van der Waals surface area contributed by atoms with Crippen molar-refractivity contribution in [1.29, 1.82) is 0 Å².